The molecule has 720 valence electrons. The number of anilines is 4. The largest absolute Gasteiger partial charge is 0.462 e. The molecule has 27 heteroatoms. The summed E-state index contributed by atoms with van der Waals surface area (Å²) in [6.45, 7) is 100. The van der Waals surface area contributed by atoms with Crippen molar-refractivity contribution in [3.05, 3.63) is 100 Å². The maximum Gasteiger partial charge on any atom is 0.349 e. The molecule has 8 heterocycles. The number of nitrogens with one attached hydrogen (secondary N) is 8. The summed E-state index contributed by atoms with van der Waals surface area (Å²) in [5.41, 5.74) is -1.46. The number of rotatable bonds is 6. The van der Waals surface area contributed by atoms with E-state index >= 15 is 0 Å². The third-order valence-electron chi connectivity index (χ3n) is 20.0. The zero-order chi connectivity index (χ0) is 99.1. The number of ether oxygens (including phenoxy) is 3. The highest BCUT2D eigenvalue weighted by Gasteiger charge is 2.48. The number of H-pyrrole nitrogens is 3. The number of aromatic nitrogens is 8. The molecule has 125 heavy (non-hydrogen) atoms. The van der Waals surface area contributed by atoms with Gasteiger partial charge in [-0.25, -0.2) is 19.1 Å². The topological polar surface area (TPSA) is 333 Å². The summed E-state index contributed by atoms with van der Waals surface area (Å²) in [5.74, 6) is 3.76. The molecule has 26 nitrogen and oxygen atoms in total. The van der Waals surface area contributed by atoms with Gasteiger partial charge in [0.1, 0.15) is 35.1 Å². The number of methoxy groups -OCH3 is 1. The van der Waals surface area contributed by atoms with Gasteiger partial charge in [-0.3, -0.25) is 53.2 Å². The Bertz CT molecular complexity index is 4230. The molecule has 8 N–H and O–H groups in total. The Hall–Kier alpha value is -7.26. The minimum absolute atomic E-state index is 0.0163. The molecular formula is C98H180N14O12S. The van der Waals surface area contributed by atoms with E-state index in [0.29, 0.717) is 46.3 Å². The molecular weight excluding hydrogens is 1600 g/mol. The van der Waals surface area contributed by atoms with Crippen molar-refractivity contribution < 1.29 is 33.4 Å². The number of carbonyl (C=O) groups is 4. The number of thioether (sulfide) groups is 1. The lowest BCUT2D eigenvalue weighted by molar-refractivity contribution is -0.149. The van der Waals surface area contributed by atoms with Crippen molar-refractivity contribution in [3.63, 3.8) is 0 Å². The average Bonchev–Trinajstić information content (AvgIpc) is 1.69. The number of allylic oxidation sites excluding steroid dienone is 1. The fourth-order valence-electron chi connectivity index (χ4n) is 13.1. The van der Waals surface area contributed by atoms with Crippen LogP contribution in [0.1, 0.15) is 357 Å². The van der Waals surface area contributed by atoms with Crippen LogP contribution in [-0.2, 0) is 55.4 Å². The number of cyclic esters (lactones) is 2. The molecule has 4 aliphatic rings. The first-order valence-electron chi connectivity index (χ1n) is 44.5. The van der Waals surface area contributed by atoms with Gasteiger partial charge in [0.25, 0.3) is 11.1 Å². The Morgan fingerprint density at radius 1 is 0.488 bits per heavy atom. The van der Waals surface area contributed by atoms with E-state index in [9.17, 15) is 43.2 Å². The van der Waals surface area contributed by atoms with E-state index in [1.165, 1.54) is 10.6 Å². The van der Waals surface area contributed by atoms with Gasteiger partial charge in [-0.1, -0.05) is 178 Å². The summed E-state index contributed by atoms with van der Waals surface area (Å²) in [4.78, 5) is 121. The molecule has 0 bridgehead atoms. The molecule has 0 radical (unpaired) electrons. The van der Waals surface area contributed by atoms with Crippen molar-refractivity contribution in [2.24, 2.45) is 61.6 Å². The number of esters is 2. The predicted molar refractivity (Wildman–Crippen MR) is 524 cm³/mol. The van der Waals surface area contributed by atoms with E-state index < -0.39 is 11.2 Å². The number of amides is 1. The molecule has 3 fully saturated rings. The van der Waals surface area contributed by atoms with Crippen molar-refractivity contribution in [2.75, 3.05) is 48.7 Å². The lowest BCUT2D eigenvalue weighted by Crippen LogP contribution is -2.45. The van der Waals surface area contributed by atoms with Gasteiger partial charge < -0.3 is 45.5 Å². The van der Waals surface area contributed by atoms with Crippen LogP contribution in [0.15, 0.2) is 66.4 Å². The smallest absolute Gasteiger partial charge is 0.349 e. The first kappa shape index (κ1) is 118. The molecule has 0 spiro atoms. The van der Waals surface area contributed by atoms with Gasteiger partial charge in [-0.05, 0) is 243 Å². The standard InChI is InChI=1S/C12H22N4O.C12H21N3O2.C12H21N3O.C12H23NO.C12H22O2.C12H20O2.C12H22OS.C11H20N2O.C3H9NO/c1-11(2,3)15-8-7-9(14-10(17)13-8)16-12(4,5)6;1-11(2,3)14-8-7-9(16)15(10(17)13-8)12(4,5)6;1-11(2,3)14-9-7-8-15(10(16)13-9)12(4,5)6;1-11(2,3)9-7-8-13(10(9)14)12(4,5)6;3*1-11(2,3)8-7-9(12(4,5)6)14-10(8)13;1-10(2,3)8-7-12-13(9(8)14)11(4,5)6;1-4-3-5-2/h7H,1-6H3,(H3,13,14,15,16,17);7,14H,1-6H3,(H,13,17);7-8H,1-6H3,(H,13,14,16);9H,7-8H2,1-6H3;8-9H,7H2,1-6H3;7-8H,1-6H3;8-9H,7H2,1-6H3;7,12H,1-6H3;4H,3H2,1-2H3. The Morgan fingerprint density at radius 2 is 0.952 bits per heavy atom. The van der Waals surface area contributed by atoms with E-state index in [0.717, 1.165) is 37.1 Å². The van der Waals surface area contributed by atoms with Crippen LogP contribution < -0.4 is 54.8 Å². The van der Waals surface area contributed by atoms with Gasteiger partial charge in [0.05, 0.1) is 24.1 Å². The fraction of sp³-hybridized carbons (Fsp3) is 0.786. The second-order valence-corrected chi connectivity index (χ2v) is 51.5. The highest BCUT2D eigenvalue weighted by atomic mass is 32.2. The van der Waals surface area contributed by atoms with Crippen LogP contribution in [0.4, 0.5) is 23.3 Å². The Kier molecular flexibility index (Phi) is 41.3. The molecule has 1 amide bonds. The van der Waals surface area contributed by atoms with Crippen LogP contribution in [0.25, 0.3) is 0 Å². The number of likely N-dealkylation sites (tertiary alicyclic amines) is 1. The number of hydrogen-bond acceptors (Lipinski definition) is 20. The zero-order valence-electron chi connectivity index (χ0n) is 88.0. The first-order chi connectivity index (χ1) is 55.2. The molecule has 4 aromatic heterocycles. The molecule has 0 saturated carbocycles. The minimum Gasteiger partial charge on any atom is -0.462 e. The van der Waals surface area contributed by atoms with Crippen molar-refractivity contribution in [2.45, 2.75) is 413 Å². The lowest BCUT2D eigenvalue weighted by atomic mass is 9.76. The Morgan fingerprint density at radius 3 is 1.22 bits per heavy atom. The highest BCUT2D eigenvalue weighted by molar-refractivity contribution is 8.14. The van der Waals surface area contributed by atoms with E-state index in [1.54, 1.807) is 40.4 Å². The maximum atomic E-state index is 12.1. The Balaban J connectivity index is 0.00000140. The SMILES string of the molecule is CC(C)(C)C1=CC(C(C)(C)C)C(=O)O1.CC(C)(C)C1CC(C(C)(C)C)C(=O)O1.CC(C)(C)C1CC(C(C)(C)C)C(=O)S1.CC(C)(C)C1CCN(C(C)(C)C)C1=O.CC(C)(C)Nc1cc(=O)n(C(C)(C)C)c(=O)[nH]1.CC(C)(C)Nc1cc(NC(C)(C)C)[nH]c(=O)n1.CC(C)(C)Nc1ccn(C(C)(C)C)c(=O)n1.CC(C)(C)c1c[nH]n(C(C)(C)C)c1=O.CNCOC. The number of hydrogen-bond donors (Lipinski definition) is 8. The summed E-state index contributed by atoms with van der Waals surface area (Å²) in [7, 11) is 3.49. The van der Waals surface area contributed by atoms with Crippen LogP contribution in [0.5, 0.6) is 0 Å². The maximum absolute atomic E-state index is 12.1. The second kappa shape index (κ2) is 43.9. The molecule has 6 atom stereocenters. The van der Waals surface area contributed by atoms with Gasteiger partial charge >= 0.3 is 29.0 Å². The molecule has 4 aromatic rings. The monoisotopic (exact) mass is 1780 g/mol. The van der Waals surface area contributed by atoms with E-state index in [4.69, 9.17) is 9.47 Å². The van der Waals surface area contributed by atoms with E-state index in [2.05, 4.69) is 223 Å². The lowest BCUT2D eigenvalue weighted by Gasteiger charge is -2.33. The summed E-state index contributed by atoms with van der Waals surface area (Å²) in [6.07, 6.45) is 8.58. The average molecular weight is 1780 g/mol. The van der Waals surface area contributed by atoms with Gasteiger partial charge in [0.2, 0.25) is 5.91 Å². The third-order valence-corrected chi connectivity index (χ3v) is 21.7. The number of nitrogens with zero attached hydrogens (tertiary/aromatic N) is 6. The van der Waals surface area contributed by atoms with Gasteiger partial charge in [-0.15, -0.1) is 0 Å². The highest BCUT2D eigenvalue weighted by Crippen LogP contribution is 2.49. The van der Waals surface area contributed by atoms with Gasteiger partial charge in [0.15, 0.2) is 5.12 Å². The zero-order valence-corrected chi connectivity index (χ0v) is 88.8. The molecule has 8 rings (SSSR count). The van der Waals surface area contributed by atoms with Crippen LogP contribution in [0, 0.1) is 61.6 Å². The van der Waals surface area contributed by atoms with Crippen LogP contribution in [0.3, 0.4) is 0 Å². The molecule has 0 aliphatic carbocycles. The van der Waals surface area contributed by atoms with Crippen molar-refractivity contribution in [3.8, 4) is 0 Å². The number of carbonyl (C=O) groups excluding carboxylic acids is 4. The molecule has 3 saturated heterocycles. The van der Waals surface area contributed by atoms with Crippen LogP contribution in [0.2, 0.25) is 0 Å². The summed E-state index contributed by atoms with van der Waals surface area (Å²) < 4.78 is 19.8. The van der Waals surface area contributed by atoms with Gasteiger partial charge in [0, 0.05) is 105 Å². The van der Waals surface area contributed by atoms with Crippen molar-refractivity contribution >= 4 is 58.0 Å². The minimum atomic E-state index is -0.523. The molecule has 0 aromatic carbocycles. The first-order valence-corrected chi connectivity index (χ1v) is 45.4. The van der Waals surface area contributed by atoms with Gasteiger partial charge in [-0.2, -0.15) is 9.97 Å². The van der Waals surface area contributed by atoms with Crippen LogP contribution >= 0.6 is 11.8 Å². The van der Waals surface area contributed by atoms with E-state index in [-0.39, 0.29) is 146 Å². The summed E-state index contributed by atoms with van der Waals surface area (Å²) in [6, 6.07) is 5.05. The Labute approximate surface area is 759 Å². The third kappa shape index (κ3) is 42.7. The molecule has 6 unspecified atom stereocenters. The quantitative estimate of drug-likeness (QED) is 0.0657. The fourth-order valence-corrected chi connectivity index (χ4v) is 14.7. The van der Waals surface area contributed by atoms with E-state index in [1.807, 2.05) is 196 Å². The van der Waals surface area contributed by atoms with Crippen molar-refractivity contribution in [1.29, 1.82) is 0 Å². The summed E-state index contributed by atoms with van der Waals surface area (Å²) >= 11 is 1.57. The normalized spacial score (nSPS) is 18.8. The summed E-state index contributed by atoms with van der Waals surface area (Å²) in [5, 5.41) is 19.4. The number of aromatic amines is 3. The predicted octanol–water partition coefficient (Wildman–Crippen LogP) is 20.5. The van der Waals surface area contributed by atoms with Crippen molar-refractivity contribution in [1.82, 2.24) is 49.1 Å². The molecule has 4 aliphatic heterocycles. The van der Waals surface area contributed by atoms with Crippen LogP contribution in [-0.4, -0.2) is 133 Å². The second-order valence-electron chi connectivity index (χ2n) is 50.3.